The SMILES string of the molecule is C.C.Cc1nc(CC2CC(CN3Cc4cc(F)ccc4C3=O)C2)nc2c1NC(=O)[C@H](C(C)C)N2C.S. The van der Waals surface area contributed by atoms with Crippen molar-refractivity contribution < 1.29 is 14.0 Å². The van der Waals surface area contributed by atoms with Gasteiger partial charge in [-0.15, -0.1) is 0 Å². The Morgan fingerprint density at radius 1 is 1.14 bits per heavy atom. The standard InChI is InChI=1S/C25H30FN5O2.2CH4.H2S/c1-13(2)22-24(32)29-21-14(3)27-20(28-23(21)30(22)4)9-15-7-16(8-15)11-31-12-17-10-18(26)5-6-19(17)25(31)33;;;/h5-6,10,13,15-16,22H,7-9,11-12H2,1-4H3,(H,29,32);2*1H4;1H2/t15?,16?,22-;;;/m0.../s1. The lowest BCUT2D eigenvalue weighted by molar-refractivity contribution is -0.118. The number of aryl methyl sites for hydroxylation is 1. The molecule has 1 aliphatic carbocycles. The first-order valence-corrected chi connectivity index (χ1v) is 11.7. The second-order valence-corrected chi connectivity index (χ2v) is 10.1. The van der Waals surface area contributed by atoms with Crippen molar-refractivity contribution in [1.29, 1.82) is 0 Å². The molecule has 7 nitrogen and oxygen atoms in total. The molecule has 2 aromatic rings. The van der Waals surface area contributed by atoms with Crippen molar-refractivity contribution in [2.75, 3.05) is 23.8 Å². The van der Waals surface area contributed by atoms with Crippen LogP contribution in [0.4, 0.5) is 15.9 Å². The molecule has 198 valence electrons. The molecular formula is C27H40FN5O2S. The summed E-state index contributed by atoms with van der Waals surface area (Å²) in [6.07, 6.45) is 2.84. The maximum atomic E-state index is 13.5. The number of amides is 2. The van der Waals surface area contributed by atoms with Gasteiger partial charge in [0, 0.05) is 32.1 Å². The van der Waals surface area contributed by atoms with Crippen molar-refractivity contribution in [3.63, 3.8) is 0 Å². The van der Waals surface area contributed by atoms with Crippen molar-refractivity contribution in [2.45, 2.75) is 67.5 Å². The first-order valence-electron chi connectivity index (χ1n) is 11.7. The molecule has 1 saturated carbocycles. The van der Waals surface area contributed by atoms with E-state index in [0.29, 0.717) is 36.2 Å². The monoisotopic (exact) mass is 517 g/mol. The number of likely N-dealkylation sites (N-methyl/N-ethyl adjacent to an activating group) is 1. The molecule has 36 heavy (non-hydrogen) atoms. The third-order valence-corrected chi connectivity index (χ3v) is 7.25. The Balaban J connectivity index is 0.00000152. The van der Waals surface area contributed by atoms with Gasteiger partial charge < -0.3 is 15.1 Å². The average molecular weight is 518 g/mol. The summed E-state index contributed by atoms with van der Waals surface area (Å²) in [5.74, 6) is 2.40. The van der Waals surface area contributed by atoms with Crippen LogP contribution in [0.15, 0.2) is 18.2 Å². The first kappa shape index (κ1) is 29.5. The van der Waals surface area contributed by atoms with Crippen LogP contribution in [0.25, 0.3) is 0 Å². The molecule has 9 heteroatoms. The molecule has 1 aromatic heterocycles. The van der Waals surface area contributed by atoms with E-state index in [1.54, 1.807) is 6.07 Å². The maximum Gasteiger partial charge on any atom is 0.254 e. The Morgan fingerprint density at radius 2 is 1.83 bits per heavy atom. The fraction of sp³-hybridized carbons (Fsp3) is 0.556. The number of carbonyl (C=O) groups excluding carboxylic acids is 2. The normalized spacial score (nSPS) is 22.0. The summed E-state index contributed by atoms with van der Waals surface area (Å²) >= 11 is 0. The molecule has 3 aliphatic rings. The van der Waals surface area contributed by atoms with Crippen molar-refractivity contribution >= 4 is 36.8 Å². The second kappa shape index (κ2) is 11.2. The van der Waals surface area contributed by atoms with Gasteiger partial charge >= 0.3 is 0 Å². The van der Waals surface area contributed by atoms with Gasteiger partial charge in [0.2, 0.25) is 5.91 Å². The Labute approximate surface area is 221 Å². The highest BCUT2D eigenvalue weighted by atomic mass is 32.1. The summed E-state index contributed by atoms with van der Waals surface area (Å²) in [5, 5.41) is 2.99. The molecule has 1 N–H and O–H groups in total. The lowest BCUT2D eigenvalue weighted by Crippen LogP contribution is -2.49. The summed E-state index contributed by atoms with van der Waals surface area (Å²) in [7, 11) is 1.93. The lowest BCUT2D eigenvalue weighted by atomic mass is 9.73. The lowest BCUT2D eigenvalue weighted by Gasteiger charge is -2.38. The average Bonchev–Trinajstić information content (AvgIpc) is 3.01. The zero-order valence-corrected chi connectivity index (χ0v) is 21.1. The molecule has 0 saturated heterocycles. The minimum atomic E-state index is -0.294. The van der Waals surface area contributed by atoms with Gasteiger partial charge in [0.15, 0.2) is 5.82 Å². The van der Waals surface area contributed by atoms with Gasteiger partial charge in [0.1, 0.15) is 23.4 Å². The third kappa shape index (κ3) is 5.21. The number of hydrogen-bond donors (Lipinski definition) is 1. The highest BCUT2D eigenvalue weighted by molar-refractivity contribution is 7.59. The van der Waals surface area contributed by atoms with E-state index in [0.717, 1.165) is 42.2 Å². The van der Waals surface area contributed by atoms with Gasteiger partial charge in [-0.25, -0.2) is 14.4 Å². The van der Waals surface area contributed by atoms with Crippen LogP contribution in [0.1, 0.15) is 69.0 Å². The molecule has 0 spiro atoms. The van der Waals surface area contributed by atoms with E-state index in [9.17, 15) is 14.0 Å². The van der Waals surface area contributed by atoms with Crippen molar-refractivity contribution in [1.82, 2.24) is 14.9 Å². The summed E-state index contributed by atoms with van der Waals surface area (Å²) in [5.41, 5.74) is 2.91. The molecule has 0 bridgehead atoms. The Morgan fingerprint density at radius 3 is 2.50 bits per heavy atom. The van der Waals surface area contributed by atoms with Crippen LogP contribution in [0, 0.1) is 30.5 Å². The molecule has 1 fully saturated rings. The number of halogens is 1. The number of aromatic nitrogens is 2. The molecule has 0 unspecified atom stereocenters. The van der Waals surface area contributed by atoms with Crippen LogP contribution in [0.2, 0.25) is 0 Å². The summed E-state index contributed by atoms with van der Waals surface area (Å²) < 4.78 is 13.5. The first-order chi connectivity index (χ1) is 15.7. The maximum absolute atomic E-state index is 13.5. The number of nitrogens with one attached hydrogen (secondary N) is 1. The molecule has 1 atom stereocenters. The quantitative estimate of drug-likeness (QED) is 0.607. The predicted molar refractivity (Wildman–Crippen MR) is 147 cm³/mol. The van der Waals surface area contributed by atoms with Crippen molar-refractivity contribution in [2.24, 2.45) is 17.8 Å². The number of fused-ring (bicyclic) bond motifs is 2. The number of rotatable bonds is 5. The van der Waals surface area contributed by atoms with E-state index in [4.69, 9.17) is 4.98 Å². The Bertz CT molecular complexity index is 1140. The van der Waals surface area contributed by atoms with Crippen LogP contribution in [-0.4, -0.2) is 46.3 Å². The van der Waals surface area contributed by atoms with E-state index >= 15 is 0 Å². The fourth-order valence-corrected chi connectivity index (χ4v) is 5.62. The molecule has 2 amide bonds. The zero-order chi connectivity index (χ0) is 23.4. The van der Waals surface area contributed by atoms with Crippen LogP contribution in [0.5, 0.6) is 0 Å². The Kier molecular flexibility index (Phi) is 9.15. The van der Waals surface area contributed by atoms with Gasteiger partial charge in [0.05, 0.1) is 5.69 Å². The van der Waals surface area contributed by atoms with Gasteiger partial charge in [0.25, 0.3) is 5.91 Å². The number of carbonyl (C=O) groups is 2. The zero-order valence-electron chi connectivity index (χ0n) is 20.1. The summed E-state index contributed by atoms with van der Waals surface area (Å²) in [6.45, 7) is 7.19. The molecule has 3 heterocycles. The number of benzene rings is 1. The van der Waals surface area contributed by atoms with Crippen molar-refractivity contribution in [3.05, 3.63) is 46.7 Å². The molecule has 2 aliphatic heterocycles. The largest absolute Gasteiger partial charge is 0.346 e. The van der Waals surface area contributed by atoms with Crippen LogP contribution < -0.4 is 10.2 Å². The fourth-order valence-electron chi connectivity index (χ4n) is 5.62. The minimum absolute atomic E-state index is 0. The third-order valence-electron chi connectivity index (χ3n) is 7.25. The number of hydrogen-bond acceptors (Lipinski definition) is 5. The van der Waals surface area contributed by atoms with Gasteiger partial charge in [-0.1, -0.05) is 28.7 Å². The van der Waals surface area contributed by atoms with E-state index in [1.165, 1.54) is 12.1 Å². The highest BCUT2D eigenvalue weighted by Crippen LogP contribution is 2.39. The second-order valence-electron chi connectivity index (χ2n) is 10.1. The minimum Gasteiger partial charge on any atom is -0.346 e. The molecule has 5 rings (SSSR count). The van der Waals surface area contributed by atoms with Crippen LogP contribution in [0.3, 0.4) is 0 Å². The van der Waals surface area contributed by atoms with E-state index < -0.39 is 0 Å². The number of anilines is 2. The topological polar surface area (TPSA) is 78.4 Å². The van der Waals surface area contributed by atoms with Crippen molar-refractivity contribution in [3.8, 4) is 0 Å². The van der Waals surface area contributed by atoms with Gasteiger partial charge in [-0.3, -0.25) is 9.59 Å². The summed E-state index contributed by atoms with van der Waals surface area (Å²) in [6, 6.07) is 4.17. The van der Waals surface area contributed by atoms with E-state index in [2.05, 4.69) is 10.3 Å². The molecular weight excluding hydrogens is 477 g/mol. The van der Waals surface area contributed by atoms with Gasteiger partial charge in [-0.2, -0.15) is 13.5 Å². The summed E-state index contributed by atoms with van der Waals surface area (Å²) in [4.78, 5) is 38.4. The Hall–Kier alpha value is -2.68. The van der Waals surface area contributed by atoms with Crippen LogP contribution >= 0.6 is 13.5 Å². The van der Waals surface area contributed by atoms with E-state index in [-0.39, 0.29) is 57.9 Å². The van der Waals surface area contributed by atoms with Gasteiger partial charge in [-0.05, 0) is 61.3 Å². The van der Waals surface area contributed by atoms with E-state index in [1.807, 2.05) is 37.6 Å². The number of nitrogens with zero attached hydrogens (tertiary/aromatic N) is 4. The smallest absolute Gasteiger partial charge is 0.254 e. The molecule has 1 aromatic carbocycles. The molecule has 0 radical (unpaired) electrons. The highest BCUT2D eigenvalue weighted by Gasteiger charge is 2.37. The van der Waals surface area contributed by atoms with Crippen LogP contribution in [-0.2, 0) is 17.8 Å². The predicted octanol–water partition coefficient (Wildman–Crippen LogP) is 4.95.